The first-order valence-electron chi connectivity index (χ1n) is 8.22. The topological polar surface area (TPSA) is 57.7 Å². The third-order valence-corrected chi connectivity index (χ3v) is 7.36. The predicted octanol–water partition coefficient (Wildman–Crippen LogP) is 2.98. The van der Waals surface area contributed by atoms with Gasteiger partial charge < -0.3 is 4.90 Å². The van der Waals surface area contributed by atoms with Crippen molar-refractivity contribution in [1.82, 2.24) is 9.21 Å². The van der Waals surface area contributed by atoms with Crippen LogP contribution in [0.5, 0.6) is 0 Å². The Morgan fingerprint density at radius 2 is 2.00 bits per heavy atom. The SMILES string of the molecule is CC(C)N(C)S(=O)(=O)c1ccc2c(c1)CN(C(=O)c1ccsc1)CC2. The van der Waals surface area contributed by atoms with E-state index in [1.807, 2.05) is 36.7 Å². The highest BCUT2D eigenvalue weighted by atomic mass is 32.2. The minimum atomic E-state index is -3.52. The zero-order chi connectivity index (χ0) is 18.2. The number of nitrogens with zero attached hydrogens (tertiary/aromatic N) is 2. The molecule has 0 aliphatic carbocycles. The van der Waals surface area contributed by atoms with Crippen LogP contribution in [0.2, 0.25) is 0 Å². The largest absolute Gasteiger partial charge is 0.334 e. The van der Waals surface area contributed by atoms with Crippen LogP contribution in [0.25, 0.3) is 0 Å². The van der Waals surface area contributed by atoms with Gasteiger partial charge in [0.05, 0.1) is 10.5 Å². The molecule has 1 aromatic heterocycles. The fraction of sp³-hybridized carbons (Fsp3) is 0.389. The second-order valence-electron chi connectivity index (χ2n) is 6.53. The molecular weight excluding hydrogens is 356 g/mol. The van der Waals surface area contributed by atoms with Gasteiger partial charge in [-0.15, -0.1) is 0 Å². The minimum absolute atomic E-state index is 0.000501. The summed E-state index contributed by atoms with van der Waals surface area (Å²) in [5, 5.41) is 3.73. The van der Waals surface area contributed by atoms with Crippen LogP contribution in [0.1, 0.15) is 35.3 Å². The molecule has 1 amide bonds. The molecule has 25 heavy (non-hydrogen) atoms. The maximum absolute atomic E-state index is 12.7. The summed E-state index contributed by atoms with van der Waals surface area (Å²) in [5.74, 6) is -0.000501. The Kier molecular flexibility index (Phi) is 4.99. The molecule has 1 aliphatic heterocycles. The molecule has 3 rings (SSSR count). The maximum atomic E-state index is 12.7. The van der Waals surface area contributed by atoms with E-state index in [0.29, 0.717) is 18.7 Å². The fourth-order valence-electron chi connectivity index (χ4n) is 2.88. The molecule has 0 fully saturated rings. The van der Waals surface area contributed by atoms with Crippen molar-refractivity contribution in [2.75, 3.05) is 13.6 Å². The lowest BCUT2D eigenvalue weighted by Crippen LogP contribution is -2.36. The molecule has 134 valence electrons. The van der Waals surface area contributed by atoms with Crippen molar-refractivity contribution in [1.29, 1.82) is 0 Å². The van der Waals surface area contributed by atoms with Gasteiger partial charge in [0.2, 0.25) is 10.0 Å². The van der Waals surface area contributed by atoms with Crippen LogP contribution < -0.4 is 0 Å². The Bertz CT molecular complexity index is 874. The highest BCUT2D eigenvalue weighted by molar-refractivity contribution is 7.89. The zero-order valence-corrected chi connectivity index (χ0v) is 16.2. The summed E-state index contributed by atoms with van der Waals surface area (Å²) in [4.78, 5) is 14.6. The Morgan fingerprint density at radius 1 is 1.24 bits per heavy atom. The molecule has 0 saturated heterocycles. The van der Waals surface area contributed by atoms with E-state index < -0.39 is 10.0 Å². The van der Waals surface area contributed by atoms with Crippen molar-refractivity contribution < 1.29 is 13.2 Å². The molecule has 0 bridgehead atoms. The summed E-state index contributed by atoms with van der Waals surface area (Å²) in [6.07, 6.45) is 0.742. The van der Waals surface area contributed by atoms with Gasteiger partial charge in [0, 0.05) is 31.6 Å². The summed E-state index contributed by atoms with van der Waals surface area (Å²) in [5.41, 5.74) is 2.71. The van der Waals surface area contributed by atoms with Crippen molar-refractivity contribution in [3.05, 3.63) is 51.7 Å². The molecule has 0 radical (unpaired) electrons. The summed E-state index contributed by atoms with van der Waals surface area (Å²) >= 11 is 1.50. The van der Waals surface area contributed by atoms with E-state index >= 15 is 0 Å². The summed E-state index contributed by atoms with van der Waals surface area (Å²) in [7, 11) is -1.93. The van der Waals surface area contributed by atoms with E-state index in [-0.39, 0.29) is 16.8 Å². The van der Waals surface area contributed by atoms with Crippen molar-refractivity contribution in [3.8, 4) is 0 Å². The van der Waals surface area contributed by atoms with Gasteiger partial charge >= 0.3 is 0 Å². The molecule has 7 heteroatoms. The number of carbonyl (C=O) groups excluding carboxylic acids is 1. The van der Waals surface area contributed by atoms with E-state index in [1.54, 1.807) is 24.1 Å². The molecule has 0 N–H and O–H groups in total. The third-order valence-electron chi connectivity index (χ3n) is 4.65. The summed E-state index contributed by atoms with van der Waals surface area (Å²) < 4.78 is 26.8. The smallest absolute Gasteiger partial charge is 0.255 e. The van der Waals surface area contributed by atoms with Gasteiger partial charge in [0.25, 0.3) is 5.91 Å². The van der Waals surface area contributed by atoms with Crippen molar-refractivity contribution in [2.45, 2.75) is 37.8 Å². The van der Waals surface area contributed by atoms with Crippen LogP contribution in [0.4, 0.5) is 0 Å². The van der Waals surface area contributed by atoms with E-state index in [4.69, 9.17) is 0 Å². The number of hydrogen-bond donors (Lipinski definition) is 0. The van der Waals surface area contributed by atoms with Gasteiger partial charge in [-0.2, -0.15) is 15.6 Å². The van der Waals surface area contributed by atoms with Crippen LogP contribution in [-0.2, 0) is 23.0 Å². The number of hydrogen-bond acceptors (Lipinski definition) is 4. The molecule has 2 aromatic rings. The van der Waals surface area contributed by atoms with E-state index in [2.05, 4.69) is 0 Å². The Labute approximate surface area is 152 Å². The van der Waals surface area contributed by atoms with Gasteiger partial charge in [-0.05, 0) is 55.0 Å². The van der Waals surface area contributed by atoms with Crippen LogP contribution in [0.3, 0.4) is 0 Å². The predicted molar refractivity (Wildman–Crippen MR) is 99.3 cm³/mol. The van der Waals surface area contributed by atoms with E-state index in [9.17, 15) is 13.2 Å². The van der Waals surface area contributed by atoms with Crippen LogP contribution in [-0.4, -0.2) is 43.2 Å². The Hall–Kier alpha value is -1.70. The first kappa shape index (κ1) is 18.1. The van der Waals surface area contributed by atoms with Crippen LogP contribution in [0, 0.1) is 0 Å². The maximum Gasteiger partial charge on any atom is 0.255 e. The van der Waals surface area contributed by atoms with Crippen LogP contribution in [0.15, 0.2) is 39.9 Å². The van der Waals surface area contributed by atoms with Crippen LogP contribution >= 0.6 is 11.3 Å². The Morgan fingerprint density at radius 3 is 2.64 bits per heavy atom. The van der Waals surface area contributed by atoms with Gasteiger partial charge in [0.1, 0.15) is 0 Å². The van der Waals surface area contributed by atoms with Crippen molar-refractivity contribution >= 4 is 27.3 Å². The second-order valence-corrected chi connectivity index (χ2v) is 9.31. The lowest BCUT2D eigenvalue weighted by atomic mass is 9.99. The highest BCUT2D eigenvalue weighted by Crippen LogP contribution is 2.26. The fourth-order valence-corrected chi connectivity index (χ4v) is 4.93. The average Bonchev–Trinajstić information content (AvgIpc) is 3.13. The lowest BCUT2D eigenvalue weighted by molar-refractivity contribution is 0.0735. The van der Waals surface area contributed by atoms with Gasteiger partial charge in [-0.1, -0.05) is 6.07 Å². The quantitative estimate of drug-likeness (QED) is 0.822. The summed E-state index contributed by atoms with van der Waals surface area (Å²) in [6, 6.07) is 6.97. The molecule has 5 nitrogen and oxygen atoms in total. The standard InChI is InChI=1S/C18H22N2O3S2/c1-13(2)19(3)25(22,23)17-5-4-14-6-8-20(11-16(14)10-17)18(21)15-7-9-24-12-15/h4-5,7,9-10,12-13H,6,8,11H2,1-3H3. The summed E-state index contributed by atoms with van der Waals surface area (Å²) in [6.45, 7) is 4.78. The number of amides is 1. The molecule has 0 unspecified atom stereocenters. The normalized spacial score (nSPS) is 14.8. The average molecular weight is 379 g/mol. The molecule has 0 saturated carbocycles. The minimum Gasteiger partial charge on any atom is -0.334 e. The van der Waals surface area contributed by atoms with Gasteiger partial charge in [-0.3, -0.25) is 4.79 Å². The third kappa shape index (κ3) is 3.49. The monoisotopic (exact) mass is 378 g/mol. The molecular formula is C18H22N2O3S2. The van der Waals surface area contributed by atoms with Crippen molar-refractivity contribution in [2.24, 2.45) is 0 Å². The number of fused-ring (bicyclic) bond motifs is 1. The molecule has 1 aliphatic rings. The number of rotatable bonds is 4. The molecule has 2 heterocycles. The first-order valence-corrected chi connectivity index (χ1v) is 10.6. The molecule has 1 aromatic carbocycles. The van der Waals surface area contributed by atoms with Gasteiger partial charge in [0.15, 0.2) is 0 Å². The molecule has 0 spiro atoms. The zero-order valence-electron chi connectivity index (χ0n) is 14.6. The lowest BCUT2D eigenvalue weighted by Gasteiger charge is -2.29. The highest BCUT2D eigenvalue weighted by Gasteiger charge is 2.27. The van der Waals surface area contributed by atoms with Gasteiger partial charge in [-0.25, -0.2) is 8.42 Å². The first-order chi connectivity index (χ1) is 11.8. The number of benzene rings is 1. The number of carbonyl (C=O) groups is 1. The number of thiophene rings is 1. The Balaban J connectivity index is 1.88. The van der Waals surface area contributed by atoms with E-state index in [0.717, 1.165) is 17.5 Å². The second kappa shape index (κ2) is 6.90. The van der Waals surface area contributed by atoms with E-state index in [1.165, 1.54) is 15.6 Å². The van der Waals surface area contributed by atoms with Crippen molar-refractivity contribution in [3.63, 3.8) is 0 Å². The molecule has 0 atom stereocenters. The number of sulfonamides is 1.